The molecule has 0 radical (unpaired) electrons. The standard InChI is InChI=1S/C20H19NO3S2/c1-12-10-14(19(22)15(11-12)24-2)20(23)21-7-5-16-13(6-9-26-16)18(21)17-4-3-8-25-17/h3-4,6,8-11,18,22H,5,7H2,1-2H3. The van der Waals surface area contributed by atoms with Gasteiger partial charge in [-0.1, -0.05) is 6.07 Å². The summed E-state index contributed by atoms with van der Waals surface area (Å²) >= 11 is 3.40. The number of amides is 1. The van der Waals surface area contributed by atoms with E-state index in [1.165, 1.54) is 17.6 Å². The van der Waals surface area contributed by atoms with E-state index in [1.807, 2.05) is 23.3 Å². The first-order chi connectivity index (χ1) is 12.6. The van der Waals surface area contributed by atoms with E-state index in [0.717, 1.165) is 16.9 Å². The van der Waals surface area contributed by atoms with E-state index in [-0.39, 0.29) is 17.7 Å². The highest BCUT2D eigenvalue weighted by Crippen LogP contribution is 2.41. The Morgan fingerprint density at radius 2 is 2.12 bits per heavy atom. The second kappa shape index (κ2) is 6.78. The minimum absolute atomic E-state index is 0.0934. The topological polar surface area (TPSA) is 49.8 Å². The Hall–Kier alpha value is -2.31. The molecule has 4 rings (SSSR count). The number of ether oxygens (including phenoxy) is 1. The van der Waals surface area contributed by atoms with Gasteiger partial charge in [0.1, 0.15) is 0 Å². The lowest BCUT2D eigenvalue weighted by molar-refractivity contribution is 0.0695. The monoisotopic (exact) mass is 385 g/mol. The van der Waals surface area contributed by atoms with Crippen LogP contribution in [0.15, 0.2) is 41.1 Å². The molecule has 0 aliphatic carbocycles. The lowest BCUT2D eigenvalue weighted by atomic mass is 9.97. The predicted molar refractivity (Wildman–Crippen MR) is 105 cm³/mol. The van der Waals surface area contributed by atoms with Gasteiger partial charge in [-0.2, -0.15) is 0 Å². The van der Waals surface area contributed by atoms with Crippen LogP contribution in [-0.2, 0) is 6.42 Å². The molecule has 0 fully saturated rings. The Balaban J connectivity index is 1.80. The number of fused-ring (bicyclic) bond motifs is 1. The molecular formula is C20H19NO3S2. The zero-order valence-electron chi connectivity index (χ0n) is 14.6. The molecule has 0 bridgehead atoms. The SMILES string of the molecule is COc1cc(C)cc(C(=O)N2CCc3sccc3C2c2cccs2)c1O. The highest BCUT2D eigenvalue weighted by atomic mass is 32.1. The number of phenolic OH excluding ortho intramolecular Hbond substituents is 1. The molecule has 1 aliphatic rings. The Morgan fingerprint density at radius 3 is 2.85 bits per heavy atom. The summed E-state index contributed by atoms with van der Waals surface area (Å²) in [6, 6.07) is 9.55. The van der Waals surface area contributed by atoms with Gasteiger partial charge in [0.15, 0.2) is 11.5 Å². The van der Waals surface area contributed by atoms with Crippen molar-refractivity contribution in [2.24, 2.45) is 0 Å². The van der Waals surface area contributed by atoms with Crippen molar-refractivity contribution in [1.29, 1.82) is 0 Å². The quantitative estimate of drug-likeness (QED) is 0.716. The zero-order chi connectivity index (χ0) is 18.3. The first kappa shape index (κ1) is 17.1. The largest absolute Gasteiger partial charge is 0.504 e. The average molecular weight is 386 g/mol. The fraction of sp³-hybridized carbons (Fsp3) is 0.250. The molecule has 0 saturated carbocycles. The van der Waals surface area contributed by atoms with Crippen molar-refractivity contribution in [1.82, 2.24) is 4.90 Å². The summed E-state index contributed by atoms with van der Waals surface area (Å²) in [7, 11) is 1.50. The first-order valence-electron chi connectivity index (χ1n) is 8.38. The van der Waals surface area contributed by atoms with Crippen LogP contribution in [0.3, 0.4) is 0 Å². The first-order valence-corrected chi connectivity index (χ1v) is 10.1. The molecule has 1 N–H and O–H groups in total. The van der Waals surface area contributed by atoms with Crippen LogP contribution in [0.4, 0.5) is 0 Å². The van der Waals surface area contributed by atoms with Gasteiger partial charge in [-0.25, -0.2) is 0 Å². The summed E-state index contributed by atoms with van der Waals surface area (Å²) in [5.41, 5.74) is 2.36. The van der Waals surface area contributed by atoms with Crippen LogP contribution in [0.1, 0.15) is 37.3 Å². The van der Waals surface area contributed by atoms with Crippen molar-refractivity contribution in [2.75, 3.05) is 13.7 Å². The summed E-state index contributed by atoms with van der Waals surface area (Å²) in [6.45, 7) is 2.52. The molecule has 0 spiro atoms. The molecule has 6 heteroatoms. The van der Waals surface area contributed by atoms with E-state index in [0.29, 0.717) is 17.9 Å². The molecule has 1 aliphatic heterocycles. The number of hydrogen-bond acceptors (Lipinski definition) is 5. The van der Waals surface area contributed by atoms with Crippen molar-refractivity contribution in [3.05, 3.63) is 67.5 Å². The zero-order valence-corrected chi connectivity index (χ0v) is 16.2. The molecule has 2 aromatic heterocycles. The number of aryl methyl sites for hydroxylation is 1. The van der Waals surface area contributed by atoms with Crippen molar-refractivity contribution in [2.45, 2.75) is 19.4 Å². The molecule has 3 aromatic rings. The number of carbonyl (C=O) groups excluding carboxylic acids is 1. The highest BCUT2D eigenvalue weighted by molar-refractivity contribution is 7.10. The van der Waals surface area contributed by atoms with Gasteiger partial charge in [-0.05, 0) is 59.5 Å². The van der Waals surface area contributed by atoms with Crippen molar-refractivity contribution >= 4 is 28.6 Å². The summed E-state index contributed by atoms with van der Waals surface area (Å²) in [5.74, 6) is 0.0677. The summed E-state index contributed by atoms with van der Waals surface area (Å²) in [4.78, 5) is 17.7. The number of phenols is 1. The van der Waals surface area contributed by atoms with Crippen molar-refractivity contribution in [3.8, 4) is 11.5 Å². The molecule has 1 aromatic carbocycles. The number of thiophene rings is 2. The highest BCUT2D eigenvalue weighted by Gasteiger charge is 2.35. The van der Waals surface area contributed by atoms with Gasteiger partial charge in [0.2, 0.25) is 0 Å². The third-order valence-corrected chi connectivity index (χ3v) is 6.63. The van der Waals surface area contributed by atoms with Gasteiger partial charge in [0.25, 0.3) is 5.91 Å². The van der Waals surface area contributed by atoms with Gasteiger partial charge >= 0.3 is 0 Å². The Bertz CT molecular complexity index is 946. The second-order valence-corrected chi connectivity index (χ2v) is 8.31. The third kappa shape index (κ3) is 2.79. The van der Waals surface area contributed by atoms with Crippen LogP contribution < -0.4 is 4.74 Å². The maximum absolute atomic E-state index is 13.4. The minimum atomic E-state index is -0.167. The lowest BCUT2D eigenvalue weighted by Crippen LogP contribution is -2.39. The van der Waals surface area contributed by atoms with Crippen molar-refractivity contribution < 1.29 is 14.6 Å². The van der Waals surface area contributed by atoms with Crippen LogP contribution >= 0.6 is 22.7 Å². The van der Waals surface area contributed by atoms with E-state index in [4.69, 9.17) is 4.74 Å². The Kier molecular flexibility index (Phi) is 4.46. The molecule has 0 saturated heterocycles. The van der Waals surface area contributed by atoms with E-state index < -0.39 is 0 Å². The Labute approximate surface area is 160 Å². The molecule has 1 atom stereocenters. The number of carbonyl (C=O) groups is 1. The van der Waals surface area contributed by atoms with Crippen LogP contribution in [-0.4, -0.2) is 29.6 Å². The maximum atomic E-state index is 13.4. The number of aromatic hydroxyl groups is 1. The van der Waals surface area contributed by atoms with Gasteiger partial charge < -0.3 is 14.7 Å². The summed E-state index contributed by atoms with van der Waals surface area (Å²) in [6.07, 6.45) is 0.838. The van der Waals surface area contributed by atoms with Crippen LogP contribution in [0, 0.1) is 6.92 Å². The minimum Gasteiger partial charge on any atom is -0.504 e. The summed E-state index contributed by atoms with van der Waals surface area (Å²) < 4.78 is 5.23. The number of hydrogen-bond donors (Lipinski definition) is 1. The number of rotatable bonds is 3. The van der Waals surface area contributed by atoms with Crippen LogP contribution in [0.25, 0.3) is 0 Å². The maximum Gasteiger partial charge on any atom is 0.258 e. The van der Waals surface area contributed by atoms with Gasteiger partial charge in [-0.3, -0.25) is 4.79 Å². The third-order valence-electron chi connectivity index (χ3n) is 4.71. The molecule has 4 nitrogen and oxygen atoms in total. The van der Waals surface area contributed by atoms with E-state index in [9.17, 15) is 9.90 Å². The summed E-state index contributed by atoms with van der Waals surface area (Å²) in [5, 5.41) is 14.6. The lowest BCUT2D eigenvalue weighted by Gasteiger charge is -2.35. The fourth-order valence-electron chi connectivity index (χ4n) is 3.51. The molecule has 1 unspecified atom stereocenters. The molecule has 26 heavy (non-hydrogen) atoms. The van der Waals surface area contributed by atoms with Gasteiger partial charge in [-0.15, -0.1) is 22.7 Å². The molecule has 134 valence electrons. The smallest absolute Gasteiger partial charge is 0.258 e. The normalized spacial score (nSPS) is 16.4. The number of nitrogens with zero attached hydrogens (tertiary/aromatic N) is 1. The molecule has 1 amide bonds. The van der Waals surface area contributed by atoms with E-state index >= 15 is 0 Å². The second-order valence-electron chi connectivity index (χ2n) is 6.33. The van der Waals surface area contributed by atoms with Crippen LogP contribution in [0.2, 0.25) is 0 Å². The van der Waals surface area contributed by atoms with Crippen molar-refractivity contribution in [3.63, 3.8) is 0 Å². The average Bonchev–Trinajstić information content (AvgIpc) is 3.33. The van der Waals surface area contributed by atoms with E-state index in [2.05, 4.69) is 17.5 Å². The van der Waals surface area contributed by atoms with Gasteiger partial charge in [0.05, 0.1) is 18.7 Å². The van der Waals surface area contributed by atoms with Gasteiger partial charge in [0, 0.05) is 16.3 Å². The number of methoxy groups -OCH3 is 1. The Morgan fingerprint density at radius 1 is 1.27 bits per heavy atom. The van der Waals surface area contributed by atoms with Crippen LogP contribution in [0.5, 0.6) is 11.5 Å². The predicted octanol–water partition coefficient (Wildman–Crippen LogP) is 4.62. The van der Waals surface area contributed by atoms with E-state index in [1.54, 1.807) is 34.8 Å². The molecular weight excluding hydrogens is 366 g/mol. The fourth-order valence-corrected chi connectivity index (χ4v) is 5.27. The molecule has 3 heterocycles. The number of benzene rings is 1.